The number of para-hydroxylation sites is 1. The summed E-state index contributed by atoms with van der Waals surface area (Å²) >= 11 is 0. The van der Waals surface area contributed by atoms with Crippen molar-refractivity contribution in [1.82, 2.24) is 0 Å². The van der Waals surface area contributed by atoms with Crippen molar-refractivity contribution in [3.8, 4) is 0 Å². The molecule has 4 nitrogen and oxygen atoms in total. The third-order valence-corrected chi connectivity index (χ3v) is 3.96. The van der Waals surface area contributed by atoms with Gasteiger partial charge in [0.05, 0.1) is 6.61 Å². The number of nitrogens with zero attached hydrogens (tertiary/aromatic N) is 1. The zero-order valence-corrected chi connectivity index (χ0v) is 13.2. The number of ketones is 1. The molecule has 0 radical (unpaired) electrons. The fraction of sp³-hybridized carbons (Fsp3) is 0.333. The van der Waals surface area contributed by atoms with Gasteiger partial charge >= 0.3 is 0 Å². The zero-order valence-electron chi connectivity index (χ0n) is 13.2. The van der Waals surface area contributed by atoms with Crippen LogP contribution < -0.4 is 4.90 Å². The number of halogens is 1. The number of hydrogen-bond donors (Lipinski definition) is 0. The normalized spacial score (nSPS) is 21.7. The van der Waals surface area contributed by atoms with E-state index in [1.54, 1.807) is 11.9 Å². The molecule has 5 heteroatoms. The topological polar surface area (TPSA) is 46.6 Å². The fourth-order valence-electron chi connectivity index (χ4n) is 2.32. The summed E-state index contributed by atoms with van der Waals surface area (Å²) in [5, 5.41) is 0. The van der Waals surface area contributed by atoms with Crippen molar-refractivity contribution in [3.05, 3.63) is 54.4 Å². The van der Waals surface area contributed by atoms with Crippen LogP contribution in [0.5, 0.6) is 0 Å². The van der Waals surface area contributed by atoms with Crippen LogP contribution in [-0.2, 0) is 14.3 Å². The Labute approximate surface area is 135 Å². The lowest BCUT2D eigenvalue weighted by Crippen LogP contribution is -2.48. The Morgan fingerprint density at radius 3 is 2.61 bits per heavy atom. The summed E-state index contributed by atoms with van der Waals surface area (Å²) in [4.78, 5) is 24.2. The molecule has 2 rings (SSSR count). The Balaban J connectivity index is 2.34. The van der Waals surface area contributed by atoms with Gasteiger partial charge in [0.25, 0.3) is 0 Å². The van der Waals surface area contributed by atoms with E-state index < -0.39 is 17.3 Å². The molecule has 23 heavy (non-hydrogen) atoms. The summed E-state index contributed by atoms with van der Waals surface area (Å²) in [7, 11) is 1.75. The first kappa shape index (κ1) is 17.1. The minimum atomic E-state index is -1.24. The fourth-order valence-corrected chi connectivity index (χ4v) is 2.32. The molecule has 0 saturated heterocycles. The number of carbonyl (C=O) groups is 2. The monoisotopic (exact) mass is 317 g/mol. The third-order valence-electron chi connectivity index (χ3n) is 3.96. The number of rotatable bonds is 7. The molecule has 0 aromatic heterocycles. The lowest BCUT2D eigenvalue weighted by atomic mass is 10.0. The Morgan fingerprint density at radius 2 is 2.04 bits per heavy atom. The molecule has 1 aliphatic rings. The van der Waals surface area contributed by atoms with Crippen LogP contribution >= 0.6 is 0 Å². The molecule has 2 atom stereocenters. The number of aldehydes is 1. The molecule has 0 spiro atoms. The molecule has 1 aromatic carbocycles. The van der Waals surface area contributed by atoms with Crippen LogP contribution in [0.2, 0.25) is 0 Å². The SMILES string of the molecule is CCC(C=O)COC1(N(C)c2ccccc2)C=CC(=O)C(F)=C1. The van der Waals surface area contributed by atoms with E-state index in [1.807, 2.05) is 37.3 Å². The maximum atomic E-state index is 13.9. The van der Waals surface area contributed by atoms with Gasteiger partial charge in [-0.1, -0.05) is 25.1 Å². The van der Waals surface area contributed by atoms with E-state index in [-0.39, 0.29) is 12.5 Å². The van der Waals surface area contributed by atoms with Gasteiger partial charge in [-0.15, -0.1) is 0 Å². The van der Waals surface area contributed by atoms with Gasteiger partial charge in [0.1, 0.15) is 6.29 Å². The Kier molecular flexibility index (Phi) is 5.45. The number of benzene rings is 1. The van der Waals surface area contributed by atoms with E-state index in [0.29, 0.717) is 6.42 Å². The summed E-state index contributed by atoms with van der Waals surface area (Å²) in [6.45, 7) is 2.02. The molecule has 0 saturated carbocycles. The molecular formula is C18H20FNO3. The largest absolute Gasteiger partial charge is 0.347 e. The Hall–Kier alpha value is -2.27. The van der Waals surface area contributed by atoms with Crippen LogP contribution in [0.25, 0.3) is 0 Å². The first-order valence-corrected chi connectivity index (χ1v) is 7.52. The molecule has 0 bridgehead atoms. The van der Waals surface area contributed by atoms with Crippen LogP contribution in [0.3, 0.4) is 0 Å². The molecule has 2 unspecified atom stereocenters. The minimum absolute atomic E-state index is 0.138. The lowest BCUT2D eigenvalue weighted by Gasteiger charge is -2.40. The second-order valence-corrected chi connectivity index (χ2v) is 5.45. The van der Waals surface area contributed by atoms with E-state index in [9.17, 15) is 14.0 Å². The highest BCUT2D eigenvalue weighted by molar-refractivity contribution is 6.03. The minimum Gasteiger partial charge on any atom is -0.347 e. The average molecular weight is 317 g/mol. The molecule has 0 aliphatic heterocycles. The quantitative estimate of drug-likeness (QED) is 0.573. The number of likely N-dealkylation sites (N-methyl/N-ethyl adjacent to an activating group) is 1. The predicted octanol–water partition coefficient (Wildman–Crippen LogP) is 3.05. The summed E-state index contributed by atoms with van der Waals surface area (Å²) < 4.78 is 19.8. The van der Waals surface area contributed by atoms with Crippen molar-refractivity contribution in [2.45, 2.75) is 19.1 Å². The highest BCUT2D eigenvalue weighted by Gasteiger charge is 2.36. The number of allylic oxidation sites excluding steroid dienone is 2. The van der Waals surface area contributed by atoms with E-state index in [2.05, 4.69) is 0 Å². The van der Waals surface area contributed by atoms with Gasteiger partial charge in [-0.25, -0.2) is 4.39 Å². The maximum absolute atomic E-state index is 13.9. The van der Waals surface area contributed by atoms with Crippen LogP contribution in [0.15, 0.2) is 54.4 Å². The van der Waals surface area contributed by atoms with Gasteiger partial charge in [-0.05, 0) is 30.7 Å². The van der Waals surface area contributed by atoms with Gasteiger partial charge in [0.15, 0.2) is 11.6 Å². The molecule has 0 fully saturated rings. The van der Waals surface area contributed by atoms with E-state index in [0.717, 1.165) is 24.1 Å². The maximum Gasteiger partial charge on any atom is 0.213 e. The van der Waals surface area contributed by atoms with Gasteiger partial charge in [-0.3, -0.25) is 4.79 Å². The summed E-state index contributed by atoms with van der Waals surface area (Å²) in [6.07, 6.45) is 5.29. The van der Waals surface area contributed by atoms with Gasteiger partial charge in [0, 0.05) is 24.7 Å². The standard InChI is InChI=1S/C18H20FNO3/c1-3-14(12-21)13-23-18(10-9-17(22)16(19)11-18)20(2)15-7-5-4-6-8-15/h4-12,14H,3,13H2,1-2H3. The summed E-state index contributed by atoms with van der Waals surface area (Å²) in [5.41, 5.74) is -0.440. The van der Waals surface area contributed by atoms with Crippen LogP contribution in [0.4, 0.5) is 10.1 Å². The number of hydrogen-bond acceptors (Lipinski definition) is 4. The third kappa shape index (κ3) is 3.74. The van der Waals surface area contributed by atoms with Crippen molar-refractivity contribution >= 4 is 17.8 Å². The zero-order chi connectivity index (χ0) is 16.9. The second-order valence-electron chi connectivity index (χ2n) is 5.45. The smallest absolute Gasteiger partial charge is 0.213 e. The van der Waals surface area contributed by atoms with Gasteiger partial charge < -0.3 is 14.4 Å². The molecule has 1 aromatic rings. The second kappa shape index (κ2) is 7.33. The highest BCUT2D eigenvalue weighted by atomic mass is 19.1. The van der Waals surface area contributed by atoms with Crippen LogP contribution in [-0.4, -0.2) is 31.4 Å². The molecule has 0 amide bonds. The number of carbonyl (C=O) groups excluding carboxylic acids is 2. The highest BCUT2D eigenvalue weighted by Crippen LogP contribution is 2.31. The van der Waals surface area contributed by atoms with Gasteiger partial charge in [-0.2, -0.15) is 0 Å². The number of ether oxygens (including phenoxy) is 1. The lowest BCUT2D eigenvalue weighted by molar-refractivity contribution is -0.116. The predicted molar refractivity (Wildman–Crippen MR) is 86.7 cm³/mol. The van der Waals surface area contributed by atoms with Crippen molar-refractivity contribution in [3.63, 3.8) is 0 Å². The first-order valence-electron chi connectivity index (χ1n) is 7.52. The van der Waals surface area contributed by atoms with E-state index >= 15 is 0 Å². The molecule has 0 N–H and O–H groups in total. The van der Waals surface area contributed by atoms with Crippen molar-refractivity contribution in [2.75, 3.05) is 18.6 Å². The molecule has 0 heterocycles. The van der Waals surface area contributed by atoms with Crippen LogP contribution in [0.1, 0.15) is 13.3 Å². The molecular weight excluding hydrogens is 297 g/mol. The molecule has 122 valence electrons. The summed E-state index contributed by atoms with van der Waals surface area (Å²) in [6, 6.07) is 9.31. The van der Waals surface area contributed by atoms with E-state index in [1.165, 1.54) is 6.08 Å². The van der Waals surface area contributed by atoms with Gasteiger partial charge in [0.2, 0.25) is 5.78 Å². The Bertz CT molecular complexity index is 626. The number of anilines is 1. The van der Waals surface area contributed by atoms with Crippen molar-refractivity contribution < 1.29 is 18.7 Å². The molecule has 1 aliphatic carbocycles. The van der Waals surface area contributed by atoms with E-state index in [4.69, 9.17) is 4.74 Å². The summed E-state index contributed by atoms with van der Waals surface area (Å²) in [5.74, 6) is -1.83. The van der Waals surface area contributed by atoms with Crippen LogP contribution in [0, 0.1) is 5.92 Å². The van der Waals surface area contributed by atoms with Crippen molar-refractivity contribution in [2.24, 2.45) is 5.92 Å². The van der Waals surface area contributed by atoms with Crippen molar-refractivity contribution in [1.29, 1.82) is 0 Å². The Morgan fingerprint density at radius 1 is 1.35 bits per heavy atom. The average Bonchev–Trinajstić information content (AvgIpc) is 2.59. The first-order chi connectivity index (χ1) is 11.0.